The number of aromatic hydroxyl groups is 1. The number of nitrogens with one attached hydrogen (secondary N) is 3. The van der Waals surface area contributed by atoms with Crippen molar-refractivity contribution in [2.45, 2.75) is 31.3 Å². The molecule has 220 valence electrons. The number of nitrogens with zero attached hydrogens (tertiary/aromatic N) is 1. The molecule has 1 aliphatic rings. The van der Waals surface area contributed by atoms with Crippen molar-refractivity contribution in [3.63, 3.8) is 0 Å². The Labute approximate surface area is 242 Å². The number of carbonyl (C=O) groups excluding carboxylic acids is 4. The number of ether oxygens (including phenoxy) is 1. The van der Waals surface area contributed by atoms with Gasteiger partial charge < -0.3 is 30.7 Å². The van der Waals surface area contributed by atoms with Crippen LogP contribution in [-0.2, 0) is 27.2 Å². The Morgan fingerprint density at radius 1 is 1.00 bits per heavy atom. The van der Waals surface area contributed by atoms with Crippen LogP contribution in [0.1, 0.15) is 27.9 Å². The Morgan fingerprint density at radius 2 is 1.69 bits per heavy atom. The zero-order valence-corrected chi connectivity index (χ0v) is 23.1. The van der Waals surface area contributed by atoms with Crippen molar-refractivity contribution in [3.05, 3.63) is 95.3 Å². The van der Waals surface area contributed by atoms with Gasteiger partial charge in [-0.25, -0.2) is 4.39 Å². The number of fused-ring (bicyclic) bond motifs is 1. The van der Waals surface area contributed by atoms with E-state index >= 15 is 0 Å². The molecule has 0 saturated heterocycles. The molecule has 0 saturated carbocycles. The smallest absolute Gasteiger partial charge is 0.255 e. The summed E-state index contributed by atoms with van der Waals surface area (Å²) >= 11 is 0. The summed E-state index contributed by atoms with van der Waals surface area (Å²) in [5.41, 5.74) is 1.68. The lowest BCUT2D eigenvalue weighted by Gasteiger charge is -2.27. The highest BCUT2D eigenvalue weighted by atomic mass is 19.1. The van der Waals surface area contributed by atoms with Crippen molar-refractivity contribution in [3.8, 4) is 11.5 Å². The minimum atomic E-state index is -1.26. The third-order valence-corrected chi connectivity index (χ3v) is 6.84. The zero-order valence-electron chi connectivity index (χ0n) is 23.1. The Morgan fingerprint density at radius 3 is 2.43 bits per heavy atom. The first-order valence-electron chi connectivity index (χ1n) is 13.6. The van der Waals surface area contributed by atoms with Crippen LogP contribution < -0.4 is 20.7 Å². The summed E-state index contributed by atoms with van der Waals surface area (Å²) in [4.78, 5) is 54.5. The minimum Gasteiger partial charge on any atom is -0.508 e. The topological polar surface area (TPSA) is 137 Å². The molecule has 4 rings (SSSR count). The van der Waals surface area contributed by atoms with E-state index in [1.807, 2.05) is 0 Å². The van der Waals surface area contributed by atoms with Crippen LogP contribution in [0.4, 0.5) is 4.39 Å². The minimum absolute atomic E-state index is 0.0682. The fourth-order valence-electron chi connectivity index (χ4n) is 4.50. The van der Waals surface area contributed by atoms with Gasteiger partial charge >= 0.3 is 0 Å². The number of carbonyl (C=O) groups is 4. The summed E-state index contributed by atoms with van der Waals surface area (Å²) < 4.78 is 19.0. The number of phenols is 1. The molecule has 0 aromatic heterocycles. The molecule has 42 heavy (non-hydrogen) atoms. The third-order valence-electron chi connectivity index (χ3n) is 6.84. The lowest BCUT2D eigenvalue weighted by atomic mass is 10.0. The van der Waals surface area contributed by atoms with Gasteiger partial charge in [0.15, 0.2) is 0 Å². The van der Waals surface area contributed by atoms with Gasteiger partial charge in [0.05, 0.1) is 18.5 Å². The van der Waals surface area contributed by atoms with E-state index in [9.17, 15) is 28.7 Å². The second-order valence-corrected chi connectivity index (χ2v) is 9.99. The molecule has 1 heterocycles. The van der Waals surface area contributed by atoms with Crippen LogP contribution in [0.5, 0.6) is 11.5 Å². The predicted octanol–water partition coefficient (Wildman–Crippen LogP) is 1.96. The first kappa shape index (κ1) is 30.0. The number of benzene rings is 3. The summed E-state index contributed by atoms with van der Waals surface area (Å²) in [5, 5.41) is 17.7. The van der Waals surface area contributed by atoms with Crippen molar-refractivity contribution in [2.75, 3.05) is 26.7 Å². The third kappa shape index (κ3) is 8.29. The van der Waals surface area contributed by atoms with Gasteiger partial charge in [0, 0.05) is 20.0 Å². The molecule has 0 fully saturated rings. The lowest BCUT2D eigenvalue weighted by molar-refractivity contribution is -0.136. The number of halogens is 1. The molecule has 3 aromatic rings. The Bertz CT molecular complexity index is 1410. The van der Waals surface area contributed by atoms with Gasteiger partial charge in [0.25, 0.3) is 5.91 Å². The Hall–Kier alpha value is -4.93. The summed E-state index contributed by atoms with van der Waals surface area (Å²) in [5.74, 6) is -2.19. The van der Waals surface area contributed by atoms with Crippen molar-refractivity contribution in [1.82, 2.24) is 20.9 Å². The monoisotopic (exact) mass is 576 g/mol. The Balaban J connectivity index is 1.55. The standard InChI is InChI=1S/C31H33FN4O6/c1-36-16-17-42-27-5-3-2-4-24(27)29(39)35-25(30(40)33-15-14-20-6-10-22(32)11-7-20)19-28(38)34-26(31(36)41)18-21-8-12-23(37)13-9-21/h2-13,25-26,37H,14-19H2,1H3,(H,33,40)(H,34,38)(H,35,39)/t25-,26-/m0/s1. The highest BCUT2D eigenvalue weighted by molar-refractivity contribution is 6.01. The molecule has 2 atom stereocenters. The zero-order chi connectivity index (χ0) is 30.1. The predicted molar refractivity (Wildman–Crippen MR) is 152 cm³/mol. The number of likely N-dealkylation sites (N-methyl/N-ethyl adjacent to an activating group) is 1. The number of rotatable bonds is 6. The molecule has 11 heteroatoms. The number of amides is 4. The van der Waals surface area contributed by atoms with E-state index < -0.39 is 36.2 Å². The average Bonchev–Trinajstić information content (AvgIpc) is 2.97. The van der Waals surface area contributed by atoms with Gasteiger partial charge in [-0.1, -0.05) is 36.4 Å². The molecule has 4 amide bonds. The summed E-state index contributed by atoms with van der Waals surface area (Å²) in [6.45, 7) is 0.459. The molecule has 0 bridgehead atoms. The SMILES string of the molecule is CN1CCOc2ccccc2C(=O)N[C@H](C(=O)NCCc2ccc(F)cc2)CC(=O)N[C@@H](Cc2ccc(O)cc2)C1=O. The number of hydrogen-bond acceptors (Lipinski definition) is 6. The summed E-state index contributed by atoms with van der Waals surface area (Å²) in [6, 6.07) is 16.4. The molecule has 1 aliphatic heterocycles. The molecule has 3 aromatic carbocycles. The largest absolute Gasteiger partial charge is 0.508 e. The van der Waals surface area contributed by atoms with Gasteiger partial charge in [-0.05, 0) is 53.9 Å². The van der Waals surface area contributed by atoms with E-state index in [0.29, 0.717) is 12.0 Å². The number of para-hydroxylation sites is 1. The highest BCUT2D eigenvalue weighted by Crippen LogP contribution is 2.19. The maximum atomic E-state index is 13.4. The first-order valence-corrected chi connectivity index (χ1v) is 13.6. The quantitative estimate of drug-likeness (QED) is 0.354. The molecular formula is C31H33FN4O6. The van der Waals surface area contributed by atoms with Crippen LogP contribution in [-0.4, -0.2) is 72.5 Å². The van der Waals surface area contributed by atoms with E-state index in [1.54, 1.807) is 55.6 Å². The molecule has 10 nitrogen and oxygen atoms in total. The van der Waals surface area contributed by atoms with Crippen LogP contribution >= 0.6 is 0 Å². The number of hydrogen-bond donors (Lipinski definition) is 4. The fourth-order valence-corrected chi connectivity index (χ4v) is 4.50. The van der Waals surface area contributed by atoms with E-state index in [0.717, 1.165) is 5.56 Å². The van der Waals surface area contributed by atoms with Crippen molar-refractivity contribution < 1.29 is 33.4 Å². The van der Waals surface area contributed by atoms with Crippen LogP contribution in [0.15, 0.2) is 72.8 Å². The second kappa shape index (κ2) is 14.1. The molecule has 0 spiro atoms. The van der Waals surface area contributed by atoms with E-state index in [-0.39, 0.29) is 54.9 Å². The van der Waals surface area contributed by atoms with Crippen LogP contribution in [0.25, 0.3) is 0 Å². The Kier molecular flexibility index (Phi) is 10.1. The number of phenolic OH excluding ortho intramolecular Hbond substituents is 1. The molecular weight excluding hydrogens is 543 g/mol. The molecule has 0 radical (unpaired) electrons. The van der Waals surface area contributed by atoms with Crippen LogP contribution in [0.2, 0.25) is 0 Å². The lowest BCUT2D eigenvalue weighted by Crippen LogP contribution is -2.53. The maximum absolute atomic E-state index is 13.4. The van der Waals surface area contributed by atoms with Crippen molar-refractivity contribution in [2.24, 2.45) is 0 Å². The molecule has 0 aliphatic carbocycles. The van der Waals surface area contributed by atoms with Gasteiger partial charge in [0.2, 0.25) is 17.7 Å². The molecule has 0 unspecified atom stereocenters. The van der Waals surface area contributed by atoms with Gasteiger partial charge in [-0.15, -0.1) is 0 Å². The van der Waals surface area contributed by atoms with Gasteiger partial charge in [-0.3, -0.25) is 19.2 Å². The molecule has 4 N–H and O–H groups in total. The van der Waals surface area contributed by atoms with Crippen molar-refractivity contribution >= 4 is 23.6 Å². The normalized spacial score (nSPS) is 18.1. The van der Waals surface area contributed by atoms with E-state index in [2.05, 4.69) is 16.0 Å². The average molecular weight is 577 g/mol. The van der Waals surface area contributed by atoms with Gasteiger partial charge in [-0.2, -0.15) is 0 Å². The fraction of sp³-hybridized carbons (Fsp3) is 0.290. The highest BCUT2D eigenvalue weighted by Gasteiger charge is 2.30. The van der Waals surface area contributed by atoms with Crippen molar-refractivity contribution in [1.29, 1.82) is 0 Å². The first-order chi connectivity index (χ1) is 20.2. The van der Waals surface area contributed by atoms with Crippen LogP contribution in [0, 0.1) is 5.82 Å². The summed E-state index contributed by atoms with van der Waals surface area (Å²) in [7, 11) is 1.59. The summed E-state index contributed by atoms with van der Waals surface area (Å²) in [6.07, 6.45) is 0.116. The van der Waals surface area contributed by atoms with Crippen LogP contribution in [0.3, 0.4) is 0 Å². The van der Waals surface area contributed by atoms with E-state index in [1.165, 1.54) is 29.2 Å². The van der Waals surface area contributed by atoms with Gasteiger partial charge in [0.1, 0.15) is 36.0 Å². The second-order valence-electron chi connectivity index (χ2n) is 9.99. The van der Waals surface area contributed by atoms with E-state index in [4.69, 9.17) is 4.74 Å². The maximum Gasteiger partial charge on any atom is 0.255 e.